The van der Waals surface area contributed by atoms with Crippen LogP contribution in [-0.2, 0) is 14.3 Å². The molecule has 1 aliphatic rings. The van der Waals surface area contributed by atoms with E-state index < -0.39 is 11.9 Å². The second-order valence-electron chi connectivity index (χ2n) is 5.55. The van der Waals surface area contributed by atoms with E-state index in [1.807, 2.05) is 0 Å². The third kappa shape index (κ3) is 3.24. The first-order chi connectivity index (χ1) is 12.0. The largest absolute Gasteiger partial charge is 0.466 e. The number of hydrogen-bond acceptors (Lipinski definition) is 6. The normalized spacial score (nSPS) is 14.3. The third-order valence-electron chi connectivity index (χ3n) is 3.95. The van der Waals surface area contributed by atoms with Crippen LogP contribution in [0.2, 0.25) is 0 Å². The number of amides is 1. The van der Waals surface area contributed by atoms with Gasteiger partial charge in [-0.1, -0.05) is 6.07 Å². The number of nitrogens with zero attached hydrogens (tertiary/aromatic N) is 1. The molecule has 0 spiro atoms. The van der Waals surface area contributed by atoms with E-state index in [4.69, 9.17) is 9.84 Å². The van der Waals surface area contributed by atoms with Gasteiger partial charge in [-0.3, -0.25) is 9.59 Å². The number of aliphatic hydroxyl groups excluding tert-OH is 1. The van der Waals surface area contributed by atoms with Crippen LogP contribution in [-0.4, -0.2) is 53.7 Å². The van der Waals surface area contributed by atoms with Crippen LogP contribution in [0.4, 0.5) is 5.69 Å². The zero-order chi connectivity index (χ0) is 18.0. The molecule has 0 saturated heterocycles. The van der Waals surface area contributed by atoms with Crippen molar-refractivity contribution >= 4 is 28.5 Å². The molecule has 2 heterocycles. The van der Waals surface area contributed by atoms with Crippen molar-refractivity contribution in [2.45, 2.75) is 0 Å². The number of aromatic amines is 1. The Bertz CT molecular complexity index is 931. The summed E-state index contributed by atoms with van der Waals surface area (Å²) in [7, 11) is 1.24. The van der Waals surface area contributed by atoms with E-state index in [0.29, 0.717) is 11.2 Å². The van der Waals surface area contributed by atoms with Crippen molar-refractivity contribution in [2.75, 3.05) is 32.1 Å². The van der Waals surface area contributed by atoms with Crippen LogP contribution in [0.25, 0.3) is 10.9 Å². The molecule has 25 heavy (non-hydrogen) atoms. The molecular weight excluding hydrogens is 326 g/mol. The predicted octanol–water partition coefficient (Wildman–Crippen LogP) is 0.202. The summed E-state index contributed by atoms with van der Waals surface area (Å²) < 4.78 is 4.74. The van der Waals surface area contributed by atoms with Crippen molar-refractivity contribution in [2.24, 2.45) is 0 Å². The molecular formula is C17H17N3O5. The summed E-state index contributed by atoms with van der Waals surface area (Å²) in [6.45, 7) is -0.0148. The molecule has 0 radical (unpaired) electrons. The highest BCUT2D eigenvalue weighted by atomic mass is 16.5. The Hall–Kier alpha value is -3.13. The van der Waals surface area contributed by atoms with E-state index in [-0.39, 0.29) is 36.5 Å². The molecule has 0 atom stereocenters. The third-order valence-corrected chi connectivity index (χ3v) is 3.95. The Morgan fingerprint density at radius 2 is 2.08 bits per heavy atom. The van der Waals surface area contributed by atoms with Gasteiger partial charge in [0.2, 0.25) is 5.56 Å². The molecule has 8 nitrogen and oxygen atoms in total. The lowest BCUT2D eigenvalue weighted by Crippen LogP contribution is -2.31. The van der Waals surface area contributed by atoms with Gasteiger partial charge in [-0.05, 0) is 23.6 Å². The molecule has 3 rings (SSSR count). The van der Waals surface area contributed by atoms with E-state index in [2.05, 4.69) is 10.3 Å². The smallest absolute Gasteiger partial charge is 0.337 e. The predicted molar refractivity (Wildman–Crippen MR) is 90.9 cm³/mol. The summed E-state index contributed by atoms with van der Waals surface area (Å²) in [6, 6.07) is 8.34. The molecule has 0 saturated carbocycles. The first-order valence-corrected chi connectivity index (χ1v) is 7.65. The van der Waals surface area contributed by atoms with E-state index >= 15 is 0 Å². The van der Waals surface area contributed by atoms with Gasteiger partial charge < -0.3 is 25.0 Å². The Labute approximate surface area is 142 Å². The van der Waals surface area contributed by atoms with Gasteiger partial charge in [0.1, 0.15) is 5.70 Å². The molecule has 3 N–H and O–H groups in total. The van der Waals surface area contributed by atoms with Crippen LogP contribution in [0.1, 0.15) is 0 Å². The SMILES string of the molecule is COC(=O)C1=C(Nc2ccc3ccc(=O)[nH]c3c2)C(=O)N(CCO)C1. The number of methoxy groups -OCH3 is 1. The summed E-state index contributed by atoms with van der Waals surface area (Å²) in [5.41, 5.74) is 1.23. The molecule has 1 aromatic heterocycles. The number of carbonyl (C=O) groups excluding carboxylic acids is 2. The first kappa shape index (κ1) is 16.7. The second kappa shape index (κ2) is 6.78. The zero-order valence-electron chi connectivity index (χ0n) is 13.5. The summed E-state index contributed by atoms with van der Waals surface area (Å²) in [5, 5.41) is 12.8. The number of esters is 1. The molecule has 8 heteroatoms. The van der Waals surface area contributed by atoms with Gasteiger partial charge in [-0.25, -0.2) is 4.79 Å². The average molecular weight is 343 g/mol. The van der Waals surface area contributed by atoms with Gasteiger partial charge >= 0.3 is 5.97 Å². The molecule has 0 aliphatic carbocycles. The highest BCUT2D eigenvalue weighted by Gasteiger charge is 2.34. The number of β-amino-alcohol motifs (C(OH)–C–C–N with tert-alkyl or cyclic N) is 1. The number of H-pyrrole nitrogens is 1. The number of nitrogens with one attached hydrogen (secondary N) is 2. The monoisotopic (exact) mass is 343 g/mol. The van der Waals surface area contributed by atoms with Crippen LogP contribution in [0.15, 0.2) is 46.4 Å². The minimum absolute atomic E-state index is 0.0683. The highest BCUT2D eigenvalue weighted by Crippen LogP contribution is 2.24. The second-order valence-corrected chi connectivity index (χ2v) is 5.55. The highest BCUT2D eigenvalue weighted by molar-refractivity contribution is 6.08. The lowest BCUT2D eigenvalue weighted by atomic mass is 10.2. The van der Waals surface area contributed by atoms with Crippen LogP contribution in [0.3, 0.4) is 0 Å². The van der Waals surface area contributed by atoms with Crippen molar-refractivity contribution in [1.82, 2.24) is 9.88 Å². The van der Waals surface area contributed by atoms with E-state index in [1.54, 1.807) is 24.3 Å². The quantitative estimate of drug-likeness (QED) is 0.669. The number of anilines is 1. The molecule has 1 aliphatic heterocycles. The van der Waals surface area contributed by atoms with Gasteiger partial charge in [0.05, 0.1) is 31.4 Å². The molecule has 2 aromatic rings. The van der Waals surface area contributed by atoms with Crippen molar-refractivity contribution < 1.29 is 19.4 Å². The van der Waals surface area contributed by atoms with Gasteiger partial charge in [-0.15, -0.1) is 0 Å². The molecule has 1 amide bonds. The summed E-state index contributed by atoms with van der Waals surface area (Å²) >= 11 is 0. The fraction of sp³-hybridized carbons (Fsp3) is 0.235. The number of aromatic nitrogens is 1. The molecule has 0 unspecified atom stereocenters. The van der Waals surface area contributed by atoms with Gasteiger partial charge in [0, 0.05) is 18.3 Å². The maximum Gasteiger partial charge on any atom is 0.337 e. The number of rotatable bonds is 5. The fourth-order valence-corrected chi connectivity index (χ4v) is 2.72. The Morgan fingerprint density at radius 3 is 2.80 bits per heavy atom. The zero-order valence-corrected chi connectivity index (χ0v) is 13.5. The number of aliphatic hydroxyl groups is 1. The van der Waals surface area contributed by atoms with Crippen molar-refractivity contribution in [3.05, 3.63) is 52.0 Å². The maximum atomic E-state index is 12.5. The van der Waals surface area contributed by atoms with Crippen LogP contribution >= 0.6 is 0 Å². The number of carbonyl (C=O) groups is 2. The lowest BCUT2D eigenvalue weighted by Gasteiger charge is -2.15. The van der Waals surface area contributed by atoms with Crippen LogP contribution < -0.4 is 10.9 Å². The van der Waals surface area contributed by atoms with Crippen LogP contribution in [0, 0.1) is 0 Å². The Balaban J connectivity index is 1.96. The molecule has 0 fully saturated rings. The number of fused-ring (bicyclic) bond motifs is 1. The lowest BCUT2D eigenvalue weighted by molar-refractivity contribution is -0.136. The minimum atomic E-state index is -0.606. The van der Waals surface area contributed by atoms with Gasteiger partial charge in [0.15, 0.2) is 0 Å². The minimum Gasteiger partial charge on any atom is -0.466 e. The first-order valence-electron chi connectivity index (χ1n) is 7.65. The number of benzene rings is 1. The average Bonchev–Trinajstić information content (AvgIpc) is 2.91. The summed E-state index contributed by atoms with van der Waals surface area (Å²) in [4.78, 5) is 40.0. The summed E-state index contributed by atoms with van der Waals surface area (Å²) in [5.74, 6) is -0.999. The Morgan fingerprint density at radius 1 is 1.32 bits per heavy atom. The van der Waals surface area contributed by atoms with Crippen molar-refractivity contribution in [3.8, 4) is 0 Å². The standard InChI is InChI=1S/C17H17N3O5/c1-25-17(24)12-9-20(6-7-21)16(23)15(12)18-11-4-2-10-3-5-14(22)19-13(10)8-11/h2-5,8,18,21H,6-7,9H2,1H3,(H,19,22). The van der Waals surface area contributed by atoms with E-state index in [0.717, 1.165) is 5.39 Å². The fourth-order valence-electron chi connectivity index (χ4n) is 2.72. The van der Waals surface area contributed by atoms with E-state index in [1.165, 1.54) is 18.1 Å². The van der Waals surface area contributed by atoms with Crippen molar-refractivity contribution in [1.29, 1.82) is 0 Å². The van der Waals surface area contributed by atoms with Crippen molar-refractivity contribution in [3.63, 3.8) is 0 Å². The molecule has 1 aromatic carbocycles. The van der Waals surface area contributed by atoms with Gasteiger partial charge in [0.25, 0.3) is 5.91 Å². The van der Waals surface area contributed by atoms with E-state index in [9.17, 15) is 14.4 Å². The van der Waals surface area contributed by atoms with Gasteiger partial charge in [-0.2, -0.15) is 0 Å². The topological polar surface area (TPSA) is 112 Å². The van der Waals surface area contributed by atoms with Crippen LogP contribution in [0.5, 0.6) is 0 Å². The maximum absolute atomic E-state index is 12.5. The number of pyridine rings is 1. The Kier molecular flexibility index (Phi) is 4.53. The molecule has 130 valence electrons. The molecule has 0 bridgehead atoms. The number of ether oxygens (including phenoxy) is 1. The summed E-state index contributed by atoms with van der Waals surface area (Å²) in [6.07, 6.45) is 0. The number of hydrogen-bond donors (Lipinski definition) is 3.